The molecule has 1 rings (SSSR count). The highest BCUT2D eigenvalue weighted by molar-refractivity contribution is 5.97. The molecule has 1 aromatic rings. The molecule has 0 unspecified atom stereocenters. The van der Waals surface area contributed by atoms with E-state index in [4.69, 9.17) is 5.11 Å². The fourth-order valence-electron chi connectivity index (χ4n) is 1.63. The van der Waals surface area contributed by atoms with Crippen molar-refractivity contribution in [2.45, 2.75) is 26.7 Å². The van der Waals surface area contributed by atoms with E-state index < -0.39 is 5.82 Å². The Labute approximate surface area is 88.7 Å². The largest absolute Gasteiger partial charge is 0.396 e. The van der Waals surface area contributed by atoms with Gasteiger partial charge in [-0.25, -0.2) is 4.39 Å². The molecular formula is C12H15FO2. The van der Waals surface area contributed by atoms with Crippen LogP contribution in [0.15, 0.2) is 12.1 Å². The number of hydrogen-bond donors (Lipinski definition) is 1. The summed E-state index contributed by atoms with van der Waals surface area (Å²) < 4.78 is 13.5. The topological polar surface area (TPSA) is 37.3 Å². The summed E-state index contributed by atoms with van der Waals surface area (Å²) in [4.78, 5) is 11.6. The van der Waals surface area contributed by atoms with E-state index in [2.05, 4.69) is 0 Å². The van der Waals surface area contributed by atoms with Gasteiger partial charge in [-0.2, -0.15) is 0 Å². The highest BCUT2D eigenvalue weighted by atomic mass is 19.1. The van der Waals surface area contributed by atoms with Crippen molar-refractivity contribution >= 4 is 5.78 Å². The van der Waals surface area contributed by atoms with Crippen LogP contribution in [0.1, 0.15) is 34.3 Å². The highest BCUT2D eigenvalue weighted by Gasteiger charge is 2.14. The number of aryl methyl sites for hydroxylation is 2. The van der Waals surface area contributed by atoms with E-state index in [-0.39, 0.29) is 24.4 Å². The van der Waals surface area contributed by atoms with Crippen molar-refractivity contribution in [1.82, 2.24) is 0 Å². The molecule has 0 heterocycles. The lowest BCUT2D eigenvalue weighted by molar-refractivity contribution is 0.0966. The lowest BCUT2D eigenvalue weighted by Gasteiger charge is -2.07. The van der Waals surface area contributed by atoms with Gasteiger partial charge in [-0.05, 0) is 37.5 Å². The van der Waals surface area contributed by atoms with Gasteiger partial charge in [0.25, 0.3) is 0 Å². The molecule has 1 aromatic carbocycles. The predicted molar refractivity (Wildman–Crippen MR) is 56.5 cm³/mol. The van der Waals surface area contributed by atoms with E-state index in [0.29, 0.717) is 12.0 Å². The van der Waals surface area contributed by atoms with Crippen LogP contribution in [0.4, 0.5) is 4.39 Å². The maximum absolute atomic E-state index is 13.5. The van der Waals surface area contributed by atoms with Gasteiger partial charge in [0.15, 0.2) is 5.78 Å². The molecule has 0 bridgehead atoms. The van der Waals surface area contributed by atoms with Crippen LogP contribution in [-0.2, 0) is 0 Å². The Bertz CT molecular complexity index is 349. The van der Waals surface area contributed by atoms with Gasteiger partial charge in [0.1, 0.15) is 5.82 Å². The van der Waals surface area contributed by atoms with Crippen molar-refractivity contribution < 1.29 is 14.3 Å². The van der Waals surface area contributed by atoms with Crippen molar-refractivity contribution in [3.63, 3.8) is 0 Å². The number of halogens is 1. The Morgan fingerprint density at radius 1 is 1.40 bits per heavy atom. The first-order valence-electron chi connectivity index (χ1n) is 4.97. The molecule has 1 N–H and O–H groups in total. The van der Waals surface area contributed by atoms with Crippen molar-refractivity contribution in [3.8, 4) is 0 Å². The molecule has 0 fully saturated rings. The van der Waals surface area contributed by atoms with Crippen LogP contribution in [0, 0.1) is 19.7 Å². The Kier molecular flexibility index (Phi) is 3.97. The first-order chi connectivity index (χ1) is 7.06. The Morgan fingerprint density at radius 2 is 2.07 bits per heavy atom. The van der Waals surface area contributed by atoms with Gasteiger partial charge in [-0.1, -0.05) is 6.07 Å². The molecule has 0 aliphatic carbocycles. The molecule has 15 heavy (non-hydrogen) atoms. The molecule has 2 nitrogen and oxygen atoms in total. The van der Waals surface area contributed by atoms with Crippen molar-refractivity contribution in [3.05, 3.63) is 34.6 Å². The van der Waals surface area contributed by atoms with E-state index in [1.54, 1.807) is 19.9 Å². The summed E-state index contributed by atoms with van der Waals surface area (Å²) in [5.74, 6) is -0.700. The molecule has 0 aliphatic heterocycles. The standard InChI is InChI=1S/C12H15FO2/c1-8-6-9(2)12(10(13)7-8)11(15)4-3-5-14/h6-7,14H,3-5H2,1-2H3. The maximum Gasteiger partial charge on any atom is 0.166 e. The monoisotopic (exact) mass is 210 g/mol. The SMILES string of the molecule is Cc1cc(C)c(C(=O)CCCO)c(F)c1. The Morgan fingerprint density at radius 3 is 2.60 bits per heavy atom. The predicted octanol–water partition coefficient (Wildman–Crippen LogP) is 2.40. The second kappa shape index (κ2) is 5.03. The maximum atomic E-state index is 13.5. The summed E-state index contributed by atoms with van der Waals surface area (Å²) in [6.45, 7) is 3.47. The van der Waals surface area contributed by atoms with Crippen LogP contribution in [0.25, 0.3) is 0 Å². The average molecular weight is 210 g/mol. The van der Waals surface area contributed by atoms with Crippen molar-refractivity contribution in [2.75, 3.05) is 6.61 Å². The summed E-state index contributed by atoms with van der Waals surface area (Å²) in [6.07, 6.45) is 0.572. The average Bonchev–Trinajstić information content (AvgIpc) is 2.12. The van der Waals surface area contributed by atoms with Crippen LogP contribution < -0.4 is 0 Å². The molecule has 0 atom stereocenters. The normalized spacial score (nSPS) is 10.4. The number of rotatable bonds is 4. The molecule has 3 heteroatoms. The van der Waals surface area contributed by atoms with Gasteiger partial charge < -0.3 is 5.11 Å². The second-order valence-corrected chi connectivity index (χ2v) is 3.69. The third-order valence-electron chi connectivity index (χ3n) is 2.27. The van der Waals surface area contributed by atoms with Gasteiger partial charge >= 0.3 is 0 Å². The zero-order valence-electron chi connectivity index (χ0n) is 9.01. The van der Waals surface area contributed by atoms with Crippen LogP contribution in [0.5, 0.6) is 0 Å². The minimum absolute atomic E-state index is 0.0434. The van der Waals surface area contributed by atoms with E-state index >= 15 is 0 Å². The fourth-order valence-corrected chi connectivity index (χ4v) is 1.63. The fraction of sp³-hybridized carbons (Fsp3) is 0.417. The van der Waals surface area contributed by atoms with E-state index in [1.165, 1.54) is 6.07 Å². The summed E-state index contributed by atoms with van der Waals surface area (Å²) >= 11 is 0. The number of ketones is 1. The van der Waals surface area contributed by atoms with Crippen LogP contribution >= 0.6 is 0 Å². The van der Waals surface area contributed by atoms with Gasteiger partial charge in [0.2, 0.25) is 0 Å². The number of Topliss-reactive ketones (excluding diaryl/α,β-unsaturated/α-hetero) is 1. The third-order valence-corrected chi connectivity index (χ3v) is 2.27. The Hall–Kier alpha value is -1.22. The van der Waals surface area contributed by atoms with Gasteiger partial charge in [-0.3, -0.25) is 4.79 Å². The Balaban J connectivity index is 2.98. The van der Waals surface area contributed by atoms with E-state index in [1.807, 2.05) is 0 Å². The first kappa shape index (κ1) is 11.9. The molecule has 0 radical (unpaired) electrons. The van der Waals surface area contributed by atoms with E-state index in [9.17, 15) is 9.18 Å². The molecule has 0 saturated heterocycles. The smallest absolute Gasteiger partial charge is 0.166 e. The minimum Gasteiger partial charge on any atom is -0.396 e. The summed E-state index contributed by atoms with van der Waals surface area (Å²) in [5.41, 5.74) is 1.63. The lowest BCUT2D eigenvalue weighted by atomic mass is 9.99. The quantitative estimate of drug-likeness (QED) is 0.775. The number of aliphatic hydroxyl groups excluding tert-OH is 1. The molecule has 82 valence electrons. The zero-order valence-corrected chi connectivity index (χ0v) is 9.01. The minimum atomic E-state index is -0.463. The molecule has 0 aliphatic rings. The molecular weight excluding hydrogens is 195 g/mol. The van der Waals surface area contributed by atoms with Crippen LogP contribution in [0.3, 0.4) is 0 Å². The third kappa shape index (κ3) is 2.86. The molecule has 0 saturated carbocycles. The summed E-state index contributed by atoms with van der Waals surface area (Å²) in [5, 5.41) is 8.60. The van der Waals surface area contributed by atoms with Crippen molar-refractivity contribution in [1.29, 1.82) is 0 Å². The first-order valence-corrected chi connectivity index (χ1v) is 4.97. The molecule has 0 aromatic heterocycles. The van der Waals surface area contributed by atoms with Gasteiger partial charge in [0.05, 0.1) is 5.56 Å². The lowest BCUT2D eigenvalue weighted by Crippen LogP contribution is -2.06. The number of carbonyl (C=O) groups excluding carboxylic acids is 1. The molecule has 0 spiro atoms. The molecule has 0 amide bonds. The highest BCUT2D eigenvalue weighted by Crippen LogP contribution is 2.17. The van der Waals surface area contributed by atoms with Crippen LogP contribution in [0.2, 0.25) is 0 Å². The van der Waals surface area contributed by atoms with E-state index in [0.717, 1.165) is 5.56 Å². The number of aliphatic hydroxyl groups is 1. The number of benzene rings is 1. The van der Waals surface area contributed by atoms with Crippen molar-refractivity contribution in [2.24, 2.45) is 0 Å². The number of hydrogen-bond acceptors (Lipinski definition) is 2. The van der Waals surface area contributed by atoms with Gasteiger partial charge in [0, 0.05) is 13.0 Å². The summed E-state index contributed by atoms with van der Waals surface area (Å²) in [6, 6.07) is 3.15. The zero-order chi connectivity index (χ0) is 11.4. The number of carbonyl (C=O) groups is 1. The van der Waals surface area contributed by atoms with Gasteiger partial charge in [-0.15, -0.1) is 0 Å². The van der Waals surface area contributed by atoms with Crippen LogP contribution in [-0.4, -0.2) is 17.5 Å². The summed E-state index contributed by atoms with van der Waals surface area (Å²) in [7, 11) is 0. The second-order valence-electron chi connectivity index (χ2n) is 3.69.